The number of hydrogen-bond acceptors (Lipinski definition) is 3. The van der Waals surface area contributed by atoms with Gasteiger partial charge in [0.05, 0.1) is 7.11 Å². The zero-order chi connectivity index (χ0) is 15.7. The van der Waals surface area contributed by atoms with Gasteiger partial charge in [-0.15, -0.1) is 0 Å². The molecule has 0 radical (unpaired) electrons. The van der Waals surface area contributed by atoms with Gasteiger partial charge in [0.1, 0.15) is 5.75 Å². The lowest BCUT2D eigenvalue weighted by Gasteiger charge is -2.52. The van der Waals surface area contributed by atoms with Crippen LogP contribution in [0.4, 0.5) is 0 Å². The van der Waals surface area contributed by atoms with E-state index in [9.17, 15) is 4.79 Å². The van der Waals surface area contributed by atoms with Crippen molar-refractivity contribution in [1.29, 1.82) is 0 Å². The number of hydrogen-bond donors (Lipinski definition) is 2. The third-order valence-corrected chi connectivity index (χ3v) is 5.79. The number of rotatable bonds is 5. The smallest absolute Gasteiger partial charge is 0.217 e. The van der Waals surface area contributed by atoms with E-state index in [0.29, 0.717) is 18.4 Å². The van der Waals surface area contributed by atoms with E-state index in [1.54, 1.807) is 7.11 Å². The molecule has 4 heteroatoms. The lowest BCUT2D eigenvalue weighted by molar-refractivity contribution is -0.118. The highest BCUT2D eigenvalue weighted by atomic mass is 16.5. The monoisotopic (exact) mass is 302 g/mol. The van der Waals surface area contributed by atoms with Crippen LogP contribution in [-0.2, 0) is 16.6 Å². The molecule has 0 spiro atoms. The fraction of sp³-hybridized carbons (Fsp3) is 0.611. The number of primary amides is 1. The van der Waals surface area contributed by atoms with Crippen molar-refractivity contribution in [3.8, 4) is 5.75 Å². The Morgan fingerprint density at radius 1 is 1.50 bits per heavy atom. The molecule has 1 amide bonds. The SMILES string of the molecule is COc1ccc2c(c1)[C@]1(CCCC(N)=O)CCN[C@H](C2)[C@@H]1C. The number of fused-ring (bicyclic) bond motifs is 4. The number of piperidine rings is 1. The molecule has 1 heterocycles. The van der Waals surface area contributed by atoms with Crippen molar-refractivity contribution in [2.24, 2.45) is 11.7 Å². The minimum Gasteiger partial charge on any atom is -0.497 e. The Hall–Kier alpha value is -1.55. The molecule has 1 aliphatic heterocycles. The summed E-state index contributed by atoms with van der Waals surface area (Å²) < 4.78 is 5.45. The summed E-state index contributed by atoms with van der Waals surface area (Å²) >= 11 is 0. The molecule has 1 aliphatic carbocycles. The van der Waals surface area contributed by atoms with Crippen LogP contribution >= 0.6 is 0 Å². The highest BCUT2D eigenvalue weighted by Gasteiger charge is 2.48. The number of carbonyl (C=O) groups is 1. The van der Waals surface area contributed by atoms with E-state index in [4.69, 9.17) is 10.5 Å². The van der Waals surface area contributed by atoms with Crippen LogP contribution in [0.2, 0.25) is 0 Å². The molecule has 3 rings (SSSR count). The van der Waals surface area contributed by atoms with E-state index in [0.717, 1.165) is 38.0 Å². The van der Waals surface area contributed by atoms with Crippen LogP contribution in [0.1, 0.15) is 43.7 Å². The molecule has 0 unspecified atom stereocenters. The van der Waals surface area contributed by atoms with Crippen molar-refractivity contribution in [1.82, 2.24) is 5.32 Å². The minimum absolute atomic E-state index is 0.146. The van der Waals surface area contributed by atoms with E-state index >= 15 is 0 Å². The predicted octanol–water partition coefficient (Wildman–Crippen LogP) is 2.14. The highest BCUT2D eigenvalue weighted by molar-refractivity contribution is 5.73. The lowest BCUT2D eigenvalue weighted by Crippen LogP contribution is -2.57. The third kappa shape index (κ3) is 2.50. The molecule has 1 aromatic carbocycles. The topological polar surface area (TPSA) is 64.3 Å². The van der Waals surface area contributed by atoms with E-state index in [1.807, 2.05) is 0 Å². The summed E-state index contributed by atoms with van der Waals surface area (Å²) in [6.07, 6.45) is 4.56. The Labute approximate surface area is 132 Å². The summed E-state index contributed by atoms with van der Waals surface area (Å²) in [5.74, 6) is 1.29. The largest absolute Gasteiger partial charge is 0.497 e. The Kier molecular flexibility index (Phi) is 4.13. The Morgan fingerprint density at radius 3 is 3.05 bits per heavy atom. The molecule has 120 valence electrons. The first-order valence-electron chi connectivity index (χ1n) is 8.26. The van der Waals surface area contributed by atoms with E-state index < -0.39 is 0 Å². The summed E-state index contributed by atoms with van der Waals surface area (Å²) in [4.78, 5) is 11.1. The first kappa shape index (κ1) is 15.3. The molecular formula is C18H26N2O2. The number of nitrogens with one attached hydrogen (secondary N) is 1. The Bertz CT molecular complexity index is 572. The second-order valence-corrected chi connectivity index (χ2v) is 6.80. The van der Waals surface area contributed by atoms with Crippen LogP contribution in [0.15, 0.2) is 18.2 Å². The quantitative estimate of drug-likeness (QED) is 0.876. The van der Waals surface area contributed by atoms with Crippen LogP contribution in [-0.4, -0.2) is 25.6 Å². The summed E-state index contributed by atoms with van der Waals surface area (Å²) in [5.41, 5.74) is 8.34. The fourth-order valence-electron chi connectivity index (χ4n) is 4.53. The molecule has 3 N–H and O–H groups in total. The number of amides is 1. The normalized spacial score (nSPS) is 29.7. The molecule has 1 fully saturated rings. The summed E-state index contributed by atoms with van der Waals surface area (Å²) in [5, 5.41) is 3.67. The maximum atomic E-state index is 11.1. The zero-order valence-electron chi connectivity index (χ0n) is 13.5. The number of benzene rings is 1. The maximum Gasteiger partial charge on any atom is 0.217 e. The first-order chi connectivity index (χ1) is 10.6. The average Bonchev–Trinajstić information content (AvgIpc) is 2.49. The van der Waals surface area contributed by atoms with Gasteiger partial charge >= 0.3 is 0 Å². The van der Waals surface area contributed by atoms with Gasteiger partial charge in [0.25, 0.3) is 0 Å². The van der Waals surface area contributed by atoms with Gasteiger partial charge in [0.15, 0.2) is 0 Å². The third-order valence-electron chi connectivity index (χ3n) is 5.79. The van der Waals surface area contributed by atoms with Gasteiger partial charge in [-0.2, -0.15) is 0 Å². The van der Waals surface area contributed by atoms with Crippen molar-refractivity contribution in [3.63, 3.8) is 0 Å². The molecule has 0 aromatic heterocycles. The molecule has 22 heavy (non-hydrogen) atoms. The van der Waals surface area contributed by atoms with Gasteiger partial charge in [-0.1, -0.05) is 13.0 Å². The molecule has 2 bridgehead atoms. The van der Waals surface area contributed by atoms with Gasteiger partial charge in [-0.25, -0.2) is 0 Å². The molecule has 2 aliphatic rings. The van der Waals surface area contributed by atoms with Crippen LogP contribution in [0.25, 0.3) is 0 Å². The fourth-order valence-corrected chi connectivity index (χ4v) is 4.53. The van der Waals surface area contributed by atoms with Gasteiger partial charge < -0.3 is 15.8 Å². The number of methoxy groups -OCH3 is 1. The van der Waals surface area contributed by atoms with Crippen molar-refractivity contribution < 1.29 is 9.53 Å². The van der Waals surface area contributed by atoms with Gasteiger partial charge in [0.2, 0.25) is 5.91 Å². The zero-order valence-corrected chi connectivity index (χ0v) is 13.5. The van der Waals surface area contributed by atoms with Gasteiger partial charge in [0, 0.05) is 17.9 Å². The first-order valence-corrected chi connectivity index (χ1v) is 8.26. The van der Waals surface area contributed by atoms with E-state index in [1.165, 1.54) is 11.1 Å². The van der Waals surface area contributed by atoms with Crippen LogP contribution in [0, 0.1) is 5.92 Å². The molecule has 1 aromatic rings. The van der Waals surface area contributed by atoms with Crippen molar-refractivity contribution in [2.45, 2.75) is 50.5 Å². The average molecular weight is 302 g/mol. The second-order valence-electron chi connectivity index (χ2n) is 6.80. The van der Waals surface area contributed by atoms with Crippen molar-refractivity contribution >= 4 is 5.91 Å². The Balaban J connectivity index is 1.98. The van der Waals surface area contributed by atoms with Crippen LogP contribution < -0.4 is 15.8 Å². The van der Waals surface area contributed by atoms with Crippen molar-refractivity contribution in [3.05, 3.63) is 29.3 Å². The van der Waals surface area contributed by atoms with Gasteiger partial charge in [-0.05, 0) is 61.4 Å². The van der Waals surface area contributed by atoms with Crippen molar-refractivity contribution in [2.75, 3.05) is 13.7 Å². The Morgan fingerprint density at radius 2 is 2.32 bits per heavy atom. The lowest BCUT2D eigenvalue weighted by atomic mass is 9.56. The summed E-state index contributed by atoms with van der Waals surface area (Å²) in [7, 11) is 1.72. The molecule has 3 atom stereocenters. The van der Waals surface area contributed by atoms with Crippen LogP contribution in [0.3, 0.4) is 0 Å². The van der Waals surface area contributed by atoms with Crippen LogP contribution in [0.5, 0.6) is 5.75 Å². The summed E-state index contributed by atoms with van der Waals surface area (Å²) in [6, 6.07) is 7.02. The standard InChI is InChI=1S/C18H26N2O2/c1-12-16-10-13-5-6-14(22-2)11-15(13)18(12,8-9-20-16)7-3-4-17(19)21/h5-6,11-12,16,20H,3-4,7-10H2,1-2H3,(H2,19,21)/t12-,16+,18+/m0/s1. The molecule has 1 saturated heterocycles. The second kappa shape index (κ2) is 5.92. The van der Waals surface area contributed by atoms with E-state index in [-0.39, 0.29) is 11.3 Å². The summed E-state index contributed by atoms with van der Waals surface area (Å²) in [6.45, 7) is 3.39. The maximum absolute atomic E-state index is 11.1. The molecular weight excluding hydrogens is 276 g/mol. The number of carbonyl (C=O) groups excluding carboxylic acids is 1. The highest BCUT2D eigenvalue weighted by Crippen LogP contribution is 2.50. The molecule has 0 saturated carbocycles. The number of nitrogens with two attached hydrogens (primary N) is 1. The molecule has 4 nitrogen and oxygen atoms in total. The van der Waals surface area contributed by atoms with E-state index in [2.05, 4.69) is 30.4 Å². The minimum atomic E-state index is -0.198. The number of ether oxygens (including phenoxy) is 1. The van der Waals surface area contributed by atoms with Gasteiger partial charge in [-0.3, -0.25) is 4.79 Å². The predicted molar refractivity (Wildman–Crippen MR) is 87.0 cm³/mol.